The number of amides is 1. The molecule has 1 saturated carbocycles. The van der Waals surface area contributed by atoms with E-state index >= 15 is 0 Å². The second kappa shape index (κ2) is 6.36. The largest absolute Gasteiger partial charge is 0.353 e. The molecule has 6 heteroatoms. The maximum atomic E-state index is 12.2. The van der Waals surface area contributed by atoms with Crippen molar-refractivity contribution in [3.63, 3.8) is 0 Å². The number of aromatic nitrogens is 2. The topological polar surface area (TPSA) is 61.4 Å². The lowest BCUT2D eigenvalue weighted by molar-refractivity contribution is -0.126. The Kier molecular flexibility index (Phi) is 4.06. The first-order valence-corrected chi connectivity index (χ1v) is 8.71. The van der Waals surface area contributed by atoms with Gasteiger partial charge in [-0.1, -0.05) is 12.1 Å². The number of nitrogens with zero attached hydrogens (tertiary/aromatic N) is 4. The van der Waals surface area contributed by atoms with Crippen LogP contribution in [0.3, 0.4) is 0 Å². The van der Waals surface area contributed by atoms with E-state index in [4.69, 9.17) is 0 Å². The lowest BCUT2D eigenvalue weighted by Gasteiger charge is -2.38. The predicted molar refractivity (Wildman–Crippen MR) is 94.0 cm³/mol. The molecule has 2 aliphatic rings. The number of hydrogen-bond donors (Lipinski definition) is 1. The van der Waals surface area contributed by atoms with E-state index in [1.54, 1.807) is 6.33 Å². The third kappa shape index (κ3) is 3.06. The fourth-order valence-corrected chi connectivity index (χ4v) is 3.28. The summed E-state index contributed by atoms with van der Waals surface area (Å²) in [5.41, 5.74) is 0.974. The smallest absolute Gasteiger partial charge is 0.237 e. The van der Waals surface area contributed by atoms with Crippen LogP contribution < -0.4 is 10.2 Å². The highest BCUT2D eigenvalue weighted by Gasteiger charge is 2.30. The van der Waals surface area contributed by atoms with Gasteiger partial charge in [0.1, 0.15) is 12.1 Å². The number of hydrogen-bond acceptors (Lipinski definition) is 5. The summed E-state index contributed by atoms with van der Waals surface area (Å²) in [5.74, 6) is 1.16. The second-order valence-corrected chi connectivity index (χ2v) is 6.70. The molecule has 126 valence electrons. The highest BCUT2D eigenvalue weighted by Crippen LogP contribution is 2.24. The van der Waals surface area contributed by atoms with Crippen LogP contribution in [0.2, 0.25) is 0 Å². The Morgan fingerprint density at radius 2 is 1.92 bits per heavy atom. The van der Waals surface area contributed by atoms with Gasteiger partial charge in [-0.25, -0.2) is 9.97 Å². The number of anilines is 1. The first kappa shape index (κ1) is 15.3. The van der Waals surface area contributed by atoms with E-state index in [9.17, 15) is 4.79 Å². The van der Waals surface area contributed by atoms with E-state index in [1.165, 1.54) is 0 Å². The molecule has 24 heavy (non-hydrogen) atoms. The Morgan fingerprint density at radius 1 is 1.17 bits per heavy atom. The molecule has 2 heterocycles. The molecule has 1 aliphatic carbocycles. The van der Waals surface area contributed by atoms with Gasteiger partial charge < -0.3 is 10.2 Å². The van der Waals surface area contributed by atoms with Crippen molar-refractivity contribution in [2.75, 3.05) is 31.1 Å². The van der Waals surface area contributed by atoms with Gasteiger partial charge in [-0.15, -0.1) is 0 Å². The molecule has 0 spiro atoms. The Balaban J connectivity index is 1.42. The fourth-order valence-electron chi connectivity index (χ4n) is 3.28. The molecule has 6 nitrogen and oxygen atoms in total. The van der Waals surface area contributed by atoms with E-state index in [0.717, 1.165) is 55.7 Å². The van der Waals surface area contributed by atoms with Crippen LogP contribution in [0.25, 0.3) is 10.9 Å². The van der Waals surface area contributed by atoms with Crippen LogP contribution in [-0.4, -0.2) is 59.0 Å². The van der Waals surface area contributed by atoms with Gasteiger partial charge in [0.15, 0.2) is 0 Å². The van der Waals surface area contributed by atoms with Gasteiger partial charge in [0.2, 0.25) is 5.91 Å². The molecule has 0 bridgehead atoms. The average molecular weight is 325 g/mol. The molecule has 1 aliphatic heterocycles. The number of fused-ring (bicyclic) bond motifs is 1. The maximum absolute atomic E-state index is 12.2. The first-order valence-electron chi connectivity index (χ1n) is 8.71. The Labute approximate surface area is 141 Å². The summed E-state index contributed by atoms with van der Waals surface area (Å²) in [5, 5.41) is 4.19. The third-order valence-corrected chi connectivity index (χ3v) is 4.99. The van der Waals surface area contributed by atoms with Crippen LogP contribution in [0.15, 0.2) is 30.6 Å². The molecule has 2 fully saturated rings. The van der Waals surface area contributed by atoms with Crippen LogP contribution in [-0.2, 0) is 4.79 Å². The zero-order valence-electron chi connectivity index (χ0n) is 14.0. The van der Waals surface area contributed by atoms with Gasteiger partial charge in [-0.2, -0.15) is 0 Å². The summed E-state index contributed by atoms with van der Waals surface area (Å²) in [6.07, 6.45) is 3.90. The lowest BCUT2D eigenvalue weighted by atomic mass is 10.2. The van der Waals surface area contributed by atoms with Crippen LogP contribution >= 0.6 is 0 Å². The van der Waals surface area contributed by atoms with Crippen molar-refractivity contribution in [1.82, 2.24) is 20.2 Å². The fraction of sp³-hybridized carbons (Fsp3) is 0.500. The van der Waals surface area contributed by atoms with E-state index in [2.05, 4.69) is 31.2 Å². The van der Waals surface area contributed by atoms with Crippen LogP contribution in [0.5, 0.6) is 0 Å². The number of benzene rings is 1. The number of carbonyl (C=O) groups is 1. The van der Waals surface area contributed by atoms with E-state index in [1.807, 2.05) is 25.1 Å². The highest BCUT2D eigenvalue weighted by atomic mass is 16.2. The summed E-state index contributed by atoms with van der Waals surface area (Å²) in [7, 11) is 0. The second-order valence-electron chi connectivity index (χ2n) is 6.70. The quantitative estimate of drug-likeness (QED) is 0.921. The molecule has 2 aromatic rings. The summed E-state index contributed by atoms with van der Waals surface area (Å²) in [6.45, 7) is 5.51. The zero-order valence-corrected chi connectivity index (χ0v) is 14.0. The summed E-state index contributed by atoms with van der Waals surface area (Å²) >= 11 is 0. The Bertz CT molecular complexity index is 732. The molecule has 1 atom stereocenters. The number of carbonyl (C=O) groups excluding carboxylic acids is 1. The van der Waals surface area contributed by atoms with Crippen molar-refractivity contribution in [3.05, 3.63) is 30.6 Å². The summed E-state index contributed by atoms with van der Waals surface area (Å²) in [6, 6.07) is 8.47. The van der Waals surface area contributed by atoms with Crippen LogP contribution in [0, 0.1) is 0 Å². The SMILES string of the molecule is CC(C(=O)NC1CC1)N1CCN(c2ncnc3ccccc23)CC1. The Hall–Kier alpha value is -2.21. The van der Waals surface area contributed by atoms with Gasteiger partial charge in [0.05, 0.1) is 11.6 Å². The number of piperazine rings is 1. The Morgan fingerprint density at radius 3 is 2.67 bits per heavy atom. The minimum Gasteiger partial charge on any atom is -0.353 e. The molecule has 1 N–H and O–H groups in total. The maximum Gasteiger partial charge on any atom is 0.237 e. The minimum atomic E-state index is -0.0603. The normalized spacial score (nSPS) is 20.1. The molecule has 4 rings (SSSR count). The van der Waals surface area contributed by atoms with Crippen LogP contribution in [0.4, 0.5) is 5.82 Å². The van der Waals surface area contributed by atoms with Gasteiger partial charge in [0.25, 0.3) is 0 Å². The van der Waals surface area contributed by atoms with E-state index in [-0.39, 0.29) is 11.9 Å². The standard InChI is InChI=1S/C18H23N5O/c1-13(18(24)21-14-6-7-14)22-8-10-23(11-9-22)17-15-4-2-3-5-16(15)19-12-20-17/h2-5,12-14H,6-11H2,1H3,(H,21,24). The predicted octanol–water partition coefficient (Wildman–Crippen LogP) is 1.42. The monoisotopic (exact) mass is 325 g/mol. The average Bonchev–Trinajstić information content (AvgIpc) is 3.45. The van der Waals surface area contributed by atoms with E-state index < -0.39 is 0 Å². The summed E-state index contributed by atoms with van der Waals surface area (Å²) in [4.78, 5) is 25.6. The van der Waals surface area contributed by atoms with Crippen molar-refractivity contribution in [2.24, 2.45) is 0 Å². The van der Waals surface area contributed by atoms with Crippen molar-refractivity contribution >= 4 is 22.6 Å². The van der Waals surface area contributed by atoms with Crippen molar-refractivity contribution < 1.29 is 4.79 Å². The molecule has 1 aromatic carbocycles. The summed E-state index contributed by atoms with van der Waals surface area (Å²) < 4.78 is 0. The lowest BCUT2D eigenvalue weighted by Crippen LogP contribution is -2.54. The molecule has 1 amide bonds. The van der Waals surface area contributed by atoms with E-state index in [0.29, 0.717) is 6.04 Å². The first-order chi connectivity index (χ1) is 11.7. The molecule has 1 aromatic heterocycles. The van der Waals surface area contributed by atoms with Crippen molar-refractivity contribution in [2.45, 2.75) is 31.8 Å². The molecule has 0 radical (unpaired) electrons. The minimum absolute atomic E-state index is 0.0603. The van der Waals surface area contributed by atoms with Gasteiger partial charge in [-0.3, -0.25) is 9.69 Å². The van der Waals surface area contributed by atoms with Gasteiger partial charge in [0, 0.05) is 37.6 Å². The zero-order chi connectivity index (χ0) is 16.5. The molecular weight excluding hydrogens is 302 g/mol. The van der Waals surface area contributed by atoms with Gasteiger partial charge >= 0.3 is 0 Å². The van der Waals surface area contributed by atoms with Gasteiger partial charge in [-0.05, 0) is 31.9 Å². The molecule has 1 saturated heterocycles. The number of para-hydroxylation sites is 1. The molecule has 1 unspecified atom stereocenters. The highest BCUT2D eigenvalue weighted by molar-refractivity contribution is 5.89. The molecular formula is C18H23N5O. The number of nitrogens with one attached hydrogen (secondary N) is 1. The number of rotatable bonds is 4. The van der Waals surface area contributed by atoms with Crippen molar-refractivity contribution in [1.29, 1.82) is 0 Å². The van der Waals surface area contributed by atoms with Crippen LogP contribution in [0.1, 0.15) is 19.8 Å². The van der Waals surface area contributed by atoms with Crippen molar-refractivity contribution in [3.8, 4) is 0 Å². The third-order valence-electron chi connectivity index (χ3n) is 4.99.